The van der Waals surface area contributed by atoms with E-state index in [-0.39, 0.29) is 25.4 Å². The zero-order valence-corrected chi connectivity index (χ0v) is 19.1. The number of alkyl halides is 1. The number of carboxylic acid groups (broad SMARTS) is 1. The average molecular weight is 475 g/mol. The van der Waals surface area contributed by atoms with Crippen LogP contribution in [0.25, 0.3) is 0 Å². The monoisotopic (exact) mass is 474 g/mol. The Hall–Kier alpha value is -2.50. The van der Waals surface area contributed by atoms with Gasteiger partial charge in [0, 0.05) is 18.4 Å². The maximum absolute atomic E-state index is 13.7. The Morgan fingerprint density at radius 2 is 2.03 bits per heavy atom. The van der Waals surface area contributed by atoms with Crippen LogP contribution in [-0.4, -0.2) is 82.6 Å². The van der Waals surface area contributed by atoms with Crippen LogP contribution >= 0.6 is 0 Å². The van der Waals surface area contributed by atoms with E-state index >= 15 is 0 Å². The largest absolute Gasteiger partial charge is 0.508 e. The normalized spacial score (nSPS) is 23.1. The highest BCUT2D eigenvalue weighted by Crippen LogP contribution is 2.27. The number of aliphatic hydroxyl groups is 1. The number of hydrogen-bond donors (Lipinski definition) is 4. The summed E-state index contributed by atoms with van der Waals surface area (Å²) < 4.78 is 38.1. The Morgan fingerprint density at radius 1 is 1.36 bits per heavy atom. The quantitative estimate of drug-likeness (QED) is 0.431. The fourth-order valence-corrected chi connectivity index (χ4v) is 3.75. The molecular formula is C22H32F2N2O7. The van der Waals surface area contributed by atoms with Crippen molar-refractivity contribution in [2.45, 2.75) is 64.6 Å². The summed E-state index contributed by atoms with van der Waals surface area (Å²) in [6, 6.07) is 0.422. The van der Waals surface area contributed by atoms with E-state index in [1.165, 1.54) is 19.9 Å². The number of halogens is 2. The van der Waals surface area contributed by atoms with Crippen LogP contribution in [0.1, 0.15) is 33.3 Å². The highest BCUT2D eigenvalue weighted by Gasteiger charge is 2.45. The van der Waals surface area contributed by atoms with Gasteiger partial charge in [-0.1, -0.05) is 13.8 Å². The number of ether oxygens (including phenoxy) is 2. The molecule has 1 fully saturated rings. The summed E-state index contributed by atoms with van der Waals surface area (Å²) in [5.41, 5.74) is -0.479. The highest BCUT2D eigenvalue weighted by atomic mass is 19.1. The van der Waals surface area contributed by atoms with Crippen molar-refractivity contribution in [3.05, 3.63) is 29.6 Å². The molecule has 1 saturated heterocycles. The number of amides is 2. The van der Waals surface area contributed by atoms with Crippen LogP contribution in [-0.2, 0) is 20.7 Å². The summed E-state index contributed by atoms with van der Waals surface area (Å²) in [5, 5.41) is 33.1. The van der Waals surface area contributed by atoms with Crippen LogP contribution in [0, 0.1) is 11.2 Å². The molecule has 0 spiro atoms. The maximum atomic E-state index is 13.7. The van der Waals surface area contributed by atoms with Crippen LogP contribution in [0.4, 0.5) is 13.6 Å². The molecule has 0 aromatic heterocycles. The number of carbonyl (C=O) groups excluding carboxylic acids is 1. The number of hydrogen-bond acceptors (Lipinski definition) is 6. The fourth-order valence-electron chi connectivity index (χ4n) is 3.75. The Kier molecular flexibility index (Phi) is 8.98. The molecule has 0 saturated carbocycles. The van der Waals surface area contributed by atoms with Gasteiger partial charge < -0.3 is 30.1 Å². The van der Waals surface area contributed by atoms with Crippen LogP contribution in [0.15, 0.2) is 18.2 Å². The number of aliphatic hydroxyl groups excluding tert-OH is 1. The van der Waals surface area contributed by atoms with E-state index in [0.29, 0.717) is 5.56 Å². The third kappa shape index (κ3) is 7.24. The molecular weight excluding hydrogens is 442 g/mol. The van der Waals surface area contributed by atoms with Gasteiger partial charge in [-0.2, -0.15) is 0 Å². The first-order valence-electron chi connectivity index (χ1n) is 10.6. The number of rotatable bonds is 9. The SMILES string of the molecule is CC(=O)N[C@@H](Cc1cc(O)cc(F)c1)[C@H](O)[C@H]1CO[C@@H](OCC(C)(C)CF)[C@H](C)N1C(=O)O. The van der Waals surface area contributed by atoms with E-state index in [2.05, 4.69) is 5.32 Å². The molecule has 1 aliphatic rings. The van der Waals surface area contributed by atoms with Crippen molar-refractivity contribution < 1.29 is 43.2 Å². The molecule has 33 heavy (non-hydrogen) atoms. The molecule has 9 nitrogen and oxygen atoms in total. The van der Waals surface area contributed by atoms with Crippen molar-refractivity contribution in [3.63, 3.8) is 0 Å². The van der Waals surface area contributed by atoms with Crippen LogP contribution < -0.4 is 5.32 Å². The zero-order chi connectivity index (χ0) is 24.9. The molecule has 0 aliphatic carbocycles. The van der Waals surface area contributed by atoms with Gasteiger partial charge in [0.15, 0.2) is 6.29 Å². The molecule has 5 atom stereocenters. The Bertz CT molecular complexity index is 819. The molecule has 0 radical (unpaired) electrons. The summed E-state index contributed by atoms with van der Waals surface area (Å²) in [5.74, 6) is -1.50. The van der Waals surface area contributed by atoms with Gasteiger partial charge in [-0.15, -0.1) is 0 Å². The molecule has 186 valence electrons. The number of benzene rings is 1. The van der Waals surface area contributed by atoms with Gasteiger partial charge in [-0.25, -0.2) is 9.18 Å². The predicted molar refractivity (Wildman–Crippen MR) is 114 cm³/mol. The third-order valence-electron chi connectivity index (χ3n) is 5.44. The van der Waals surface area contributed by atoms with Crippen molar-refractivity contribution >= 4 is 12.0 Å². The van der Waals surface area contributed by atoms with Gasteiger partial charge in [0.25, 0.3) is 0 Å². The van der Waals surface area contributed by atoms with Gasteiger partial charge in [0.2, 0.25) is 5.91 Å². The van der Waals surface area contributed by atoms with Gasteiger partial charge in [0.05, 0.1) is 44.1 Å². The first kappa shape index (κ1) is 26.7. The predicted octanol–water partition coefficient (Wildman–Crippen LogP) is 2.05. The van der Waals surface area contributed by atoms with E-state index < -0.39 is 60.4 Å². The Morgan fingerprint density at radius 3 is 2.58 bits per heavy atom. The molecule has 2 rings (SSSR count). The minimum absolute atomic E-state index is 0.00321. The summed E-state index contributed by atoms with van der Waals surface area (Å²) in [6.07, 6.45) is -3.82. The molecule has 11 heteroatoms. The van der Waals surface area contributed by atoms with E-state index in [1.54, 1.807) is 13.8 Å². The van der Waals surface area contributed by atoms with Crippen molar-refractivity contribution in [1.82, 2.24) is 10.2 Å². The van der Waals surface area contributed by atoms with Gasteiger partial charge in [-0.05, 0) is 31.0 Å². The number of nitrogens with one attached hydrogen (secondary N) is 1. The molecule has 1 heterocycles. The molecule has 0 unspecified atom stereocenters. The first-order valence-corrected chi connectivity index (χ1v) is 10.6. The fraction of sp³-hybridized carbons (Fsp3) is 0.636. The van der Waals surface area contributed by atoms with Gasteiger partial charge in [-0.3, -0.25) is 14.1 Å². The highest BCUT2D eigenvalue weighted by molar-refractivity contribution is 5.73. The van der Waals surface area contributed by atoms with Gasteiger partial charge in [0.1, 0.15) is 11.6 Å². The van der Waals surface area contributed by atoms with E-state index in [1.807, 2.05) is 0 Å². The minimum Gasteiger partial charge on any atom is -0.508 e. The smallest absolute Gasteiger partial charge is 0.408 e. The molecule has 4 N–H and O–H groups in total. The Balaban J connectivity index is 2.23. The lowest BCUT2D eigenvalue weighted by atomic mass is 9.93. The van der Waals surface area contributed by atoms with Crippen LogP contribution in [0.2, 0.25) is 0 Å². The number of carbonyl (C=O) groups is 2. The molecule has 0 bridgehead atoms. The second-order valence-electron chi connectivity index (χ2n) is 9.13. The summed E-state index contributed by atoms with van der Waals surface area (Å²) in [6.45, 7) is 5.20. The number of phenolic OH excluding ortho intramolecular Hbond substituents is 1. The number of nitrogens with zero attached hydrogens (tertiary/aromatic N) is 1. The number of morpholine rings is 1. The van der Waals surface area contributed by atoms with Crippen LogP contribution in [0.3, 0.4) is 0 Å². The lowest BCUT2D eigenvalue weighted by molar-refractivity contribution is -0.232. The maximum Gasteiger partial charge on any atom is 0.408 e. The number of phenols is 1. The van der Waals surface area contributed by atoms with E-state index in [4.69, 9.17) is 9.47 Å². The first-order chi connectivity index (χ1) is 15.3. The lowest BCUT2D eigenvalue weighted by Gasteiger charge is -2.46. The second-order valence-corrected chi connectivity index (χ2v) is 9.13. The summed E-state index contributed by atoms with van der Waals surface area (Å²) in [4.78, 5) is 24.8. The van der Waals surface area contributed by atoms with E-state index in [9.17, 15) is 33.7 Å². The van der Waals surface area contributed by atoms with Crippen molar-refractivity contribution in [1.29, 1.82) is 0 Å². The molecule has 1 aromatic rings. The van der Waals surface area contributed by atoms with Crippen molar-refractivity contribution in [2.24, 2.45) is 5.41 Å². The zero-order valence-electron chi connectivity index (χ0n) is 19.1. The average Bonchev–Trinajstić information content (AvgIpc) is 2.70. The van der Waals surface area contributed by atoms with Gasteiger partial charge >= 0.3 is 6.09 Å². The van der Waals surface area contributed by atoms with Crippen molar-refractivity contribution in [3.8, 4) is 5.75 Å². The third-order valence-corrected chi connectivity index (χ3v) is 5.44. The number of aromatic hydroxyl groups is 1. The lowest BCUT2D eigenvalue weighted by Crippen LogP contribution is -2.65. The molecule has 2 amide bonds. The standard InChI is InChI=1S/C22H32F2N2O7/c1-12-20(33-11-22(3,4)10-23)32-9-18(26(12)21(30)31)19(29)17(25-13(2)27)7-14-5-15(24)8-16(28)6-14/h5-6,8,12,17-20,28-29H,7,9-11H2,1-4H3,(H,25,27)(H,30,31)/t12-,17-,18+,19-,20-/m0/s1. The molecule has 1 aromatic carbocycles. The topological polar surface area (TPSA) is 129 Å². The summed E-state index contributed by atoms with van der Waals surface area (Å²) >= 11 is 0. The molecule has 1 aliphatic heterocycles. The van der Waals surface area contributed by atoms with Crippen molar-refractivity contribution in [2.75, 3.05) is 19.9 Å². The Labute approximate surface area is 191 Å². The van der Waals surface area contributed by atoms with Crippen LogP contribution in [0.5, 0.6) is 5.75 Å². The van der Waals surface area contributed by atoms with E-state index in [0.717, 1.165) is 17.0 Å². The summed E-state index contributed by atoms with van der Waals surface area (Å²) in [7, 11) is 0. The minimum atomic E-state index is -1.43. The second kappa shape index (κ2) is 11.1.